The monoisotopic (exact) mass is 573 g/mol. The summed E-state index contributed by atoms with van der Waals surface area (Å²) < 4.78 is 17.6. The minimum atomic E-state index is -2.77. The van der Waals surface area contributed by atoms with Gasteiger partial charge in [0.25, 0.3) is 8.32 Å². The summed E-state index contributed by atoms with van der Waals surface area (Å²) in [5.74, 6) is -1.11. The number of cyclic esters (lactones) is 1. The number of amides is 2. The first-order valence-corrected chi connectivity index (χ1v) is 16.0. The van der Waals surface area contributed by atoms with Crippen molar-refractivity contribution in [3.63, 3.8) is 0 Å². The van der Waals surface area contributed by atoms with Crippen molar-refractivity contribution in [2.24, 2.45) is 5.92 Å². The number of hydrogen-bond acceptors (Lipinski definition) is 6. The zero-order valence-electron chi connectivity index (χ0n) is 24.2. The lowest BCUT2D eigenvalue weighted by Crippen LogP contribution is -2.66. The van der Waals surface area contributed by atoms with E-state index in [4.69, 9.17) is 13.9 Å². The van der Waals surface area contributed by atoms with Gasteiger partial charge in [0.1, 0.15) is 12.6 Å². The Morgan fingerprint density at radius 1 is 0.927 bits per heavy atom. The van der Waals surface area contributed by atoms with Gasteiger partial charge in [-0.15, -0.1) is 0 Å². The predicted molar refractivity (Wildman–Crippen MR) is 160 cm³/mol. The fourth-order valence-electron chi connectivity index (χ4n) is 5.58. The molecule has 1 aliphatic heterocycles. The molecule has 0 aromatic heterocycles. The van der Waals surface area contributed by atoms with Crippen LogP contribution in [0.2, 0.25) is 5.04 Å². The van der Waals surface area contributed by atoms with E-state index in [2.05, 4.69) is 45.0 Å². The molecular weight excluding hydrogens is 534 g/mol. The molecule has 1 fully saturated rings. The van der Waals surface area contributed by atoms with Crippen LogP contribution < -0.4 is 10.4 Å². The molecule has 1 saturated heterocycles. The van der Waals surface area contributed by atoms with Crippen molar-refractivity contribution >= 4 is 36.7 Å². The molecule has 4 rings (SSSR count). The molecule has 0 radical (unpaired) electrons. The fraction of sp³-hybridized carbons (Fsp3) is 0.364. The predicted octanol–water partition coefficient (Wildman–Crippen LogP) is 5.24. The molecule has 0 bridgehead atoms. The zero-order chi connectivity index (χ0) is 29.5. The summed E-state index contributed by atoms with van der Waals surface area (Å²) in [5.41, 5.74) is 0.832. The van der Waals surface area contributed by atoms with Gasteiger partial charge in [-0.3, -0.25) is 9.59 Å². The van der Waals surface area contributed by atoms with E-state index in [0.717, 1.165) is 15.9 Å². The van der Waals surface area contributed by atoms with E-state index in [-0.39, 0.29) is 36.5 Å². The third kappa shape index (κ3) is 6.94. The zero-order valence-corrected chi connectivity index (χ0v) is 25.2. The number of carbonyl (C=O) groups excluding carboxylic acids is 3. The quantitative estimate of drug-likeness (QED) is 0.230. The average molecular weight is 574 g/mol. The van der Waals surface area contributed by atoms with Crippen molar-refractivity contribution in [3.8, 4) is 0 Å². The molecular formula is C33H39NO6Si. The summed E-state index contributed by atoms with van der Waals surface area (Å²) in [5, 5.41) is 2.13. The second-order valence-corrected chi connectivity index (χ2v) is 15.7. The van der Waals surface area contributed by atoms with Gasteiger partial charge in [0, 0.05) is 25.9 Å². The van der Waals surface area contributed by atoms with E-state index in [1.165, 1.54) is 11.8 Å². The number of benzene rings is 3. The number of esters is 1. The number of ether oxygens (including phenoxy) is 2. The smallest absolute Gasteiger partial charge is 0.417 e. The molecule has 1 aliphatic rings. The van der Waals surface area contributed by atoms with Crippen LogP contribution in [0.5, 0.6) is 0 Å². The molecule has 3 aromatic rings. The number of hydrogen-bond donors (Lipinski definition) is 0. The maximum absolute atomic E-state index is 13.5. The number of carbonyl (C=O) groups is 3. The Morgan fingerprint density at radius 2 is 1.46 bits per heavy atom. The third-order valence-electron chi connectivity index (χ3n) is 7.57. The van der Waals surface area contributed by atoms with Gasteiger partial charge < -0.3 is 13.9 Å². The Hall–Kier alpha value is -3.75. The van der Waals surface area contributed by atoms with E-state index in [1.807, 2.05) is 66.7 Å². The van der Waals surface area contributed by atoms with E-state index in [0.29, 0.717) is 13.0 Å². The highest BCUT2D eigenvalue weighted by molar-refractivity contribution is 6.99. The molecule has 41 heavy (non-hydrogen) atoms. The van der Waals surface area contributed by atoms with E-state index >= 15 is 0 Å². The lowest BCUT2D eigenvalue weighted by atomic mass is 10.0. The topological polar surface area (TPSA) is 82.1 Å². The lowest BCUT2D eigenvalue weighted by molar-refractivity contribution is -0.144. The minimum Gasteiger partial charge on any atom is -0.466 e. The van der Waals surface area contributed by atoms with Gasteiger partial charge in [-0.2, -0.15) is 0 Å². The van der Waals surface area contributed by atoms with E-state index < -0.39 is 26.4 Å². The van der Waals surface area contributed by atoms with Crippen molar-refractivity contribution in [1.82, 2.24) is 4.90 Å². The molecule has 0 unspecified atom stereocenters. The van der Waals surface area contributed by atoms with Crippen LogP contribution in [0.4, 0.5) is 4.79 Å². The molecule has 2 amide bonds. The van der Waals surface area contributed by atoms with Gasteiger partial charge in [0.05, 0.1) is 6.61 Å². The summed E-state index contributed by atoms with van der Waals surface area (Å²) in [6.45, 7) is 8.51. The van der Waals surface area contributed by atoms with Crippen molar-refractivity contribution in [2.75, 3.05) is 19.8 Å². The first-order chi connectivity index (χ1) is 19.6. The van der Waals surface area contributed by atoms with Gasteiger partial charge in [-0.25, -0.2) is 9.69 Å². The minimum absolute atomic E-state index is 0.0236. The molecule has 7 nitrogen and oxygen atoms in total. The second kappa shape index (κ2) is 13.3. The molecule has 0 aliphatic carbocycles. The van der Waals surface area contributed by atoms with Crippen LogP contribution >= 0.6 is 0 Å². The number of imide groups is 1. The summed E-state index contributed by atoms with van der Waals surface area (Å²) in [6.07, 6.45) is -0.156. The van der Waals surface area contributed by atoms with Gasteiger partial charge in [-0.1, -0.05) is 112 Å². The summed E-state index contributed by atoms with van der Waals surface area (Å²) in [7, 11) is -2.77. The second-order valence-electron chi connectivity index (χ2n) is 11.4. The molecule has 216 valence electrons. The first kappa shape index (κ1) is 30.2. The van der Waals surface area contributed by atoms with Gasteiger partial charge in [-0.05, 0) is 27.4 Å². The van der Waals surface area contributed by atoms with E-state index in [9.17, 15) is 14.4 Å². The van der Waals surface area contributed by atoms with Crippen LogP contribution in [0.1, 0.15) is 52.1 Å². The summed E-state index contributed by atoms with van der Waals surface area (Å²) >= 11 is 0. The molecule has 0 spiro atoms. The van der Waals surface area contributed by atoms with Crippen LogP contribution in [-0.4, -0.2) is 51.0 Å². The normalized spacial score (nSPS) is 16.2. The van der Waals surface area contributed by atoms with E-state index in [1.54, 1.807) is 0 Å². The third-order valence-corrected chi connectivity index (χ3v) is 12.6. The average Bonchev–Trinajstić information content (AvgIpc) is 3.36. The Bertz CT molecular complexity index is 1270. The van der Waals surface area contributed by atoms with Gasteiger partial charge in [0.15, 0.2) is 0 Å². The van der Waals surface area contributed by atoms with Crippen LogP contribution in [0.3, 0.4) is 0 Å². The largest absolute Gasteiger partial charge is 0.466 e. The van der Waals surface area contributed by atoms with Crippen LogP contribution in [0.25, 0.3) is 0 Å². The maximum Gasteiger partial charge on any atom is 0.417 e. The molecule has 2 atom stereocenters. The van der Waals surface area contributed by atoms with Gasteiger partial charge in [0.2, 0.25) is 5.91 Å². The molecule has 1 heterocycles. The van der Waals surface area contributed by atoms with Crippen molar-refractivity contribution in [3.05, 3.63) is 96.6 Å². The Kier molecular flexibility index (Phi) is 9.78. The standard InChI is InChI=1S/C33H39NO6Si/c1-25(35)38-23-26(22-31(36)34-30(24-39-32(34)37)27-14-8-5-9-15-27)20-21-40-41(33(2,3)4,28-16-10-6-11-17-28)29-18-12-7-13-19-29/h5-19,26,30H,20-24H2,1-4H3/t26-,30-/m0/s1. The molecule has 8 heteroatoms. The SMILES string of the molecule is CC(=O)OC[C@@H](CCO[Si](c1ccccc1)(c1ccccc1)C(C)(C)C)CC(=O)N1C(=O)OC[C@H]1c1ccccc1. The van der Waals surface area contributed by atoms with Gasteiger partial charge >= 0.3 is 12.1 Å². The Labute approximate surface area is 243 Å². The number of rotatable bonds is 11. The molecule has 3 aromatic carbocycles. The maximum atomic E-state index is 13.5. The van der Waals surface area contributed by atoms with Crippen molar-refractivity contribution in [2.45, 2.75) is 51.6 Å². The van der Waals surface area contributed by atoms with Crippen molar-refractivity contribution < 1.29 is 28.3 Å². The number of nitrogens with zero attached hydrogens (tertiary/aromatic N) is 1. The Balaban J connectivity index is 1.56. The molecule has 0 N–H and O–H groups in total. The molecule has 0 saturated carbocycles. The fourth-order valence-corrected chi connectivity index (χ4v) is 10.2. The van der Waals surface area contributed by atoms with Crippen LogP contribution in [-0.2, 0) is 23.5 Å². The summed E-state index contributed by atoms with van der Waals surface area (Å²) in [6, 6.07) is 29.6. The van der Waals surface area contributed by atoms with Crippen LogP contribution in [0.15, 0.2) is 91.0 Å². The highest BCUT2D eigenvalue weighted by Crippen LogP contribution is 2.37. The van der Waals surface area contributed by atoms with Crippen molar-refractivity contribution in [1.29, 1.82) is 0 Å². The lowest BCUT2D eigenvalue weighted by Gasteiger charge is -2.43. The highest BCUT2D eigenvalue weighted by atomic mass is 28.4. The Morgan fingerprint density at radius 3 is 1.98 bits per heavy atom. The highest BCUT2D eigenvalue weighted by Gasteiger charge is 2.50. The summed E-state index contributed by atoms with van der Waals surface area (Å²) in [4.78, 5) is 39.0. The first-order valence-electron chi connectivity index (χ1n) is 14.1. The van der Waals surface area contributed by atoms with Crippen LogP contribution in [0, 0.1) is 5.92 Å².